The number of aromatic amines is 1. The Balaban J connectivity index is 2.31. The van der Waals surface area contributed by atoms with Gasteiger partial charge in [-0.05, 0) is 19.9 Å². The molecule has 0 aliphatic carbocycles. The highest BCUT2D eigenvalue weighted by atomic mass is 16.6. The van der Waals surface area contributed by atoms with E-state index in [1.165, 1.54) is 18.5 Å². The molecule has 0 unspecified atom stereocenters. The van der Waals surface area contributed by atoms with Crippen molar-refractivity contribution >= 4 is 17.7 Å². The summed E-state index contributed by atoms with van der Waals surface area (Å²) in [5.41, 5.74) is 2.05. The summed E-state index contributed by atoms with van der Waals surface area (Å²) in [6.07, 6.45) is 2.60. The second kappa shape index (κ2) is 8.38. The van der Waals surface area contributed by atoms with E-state index < -0.39 is 10.6 Å². The van der Waals surface area contributed by atoms with Crippen LogP contribution in [0.5, 0.6) is 11.5 Å². The molecule has 1 heterocycles. The fourth-order valence-corrected chi connectivity index (χ4v) is 1.91. The van der Waals surface area contributed by atoms with Crippen molar-refractivity contribution in [2.45, 2.75) is 13.8 Å². The molecule has 11 heteroatoms. The largest absolute Gasteiger partial charge is 0.490 e. The molecule has 2 rings (SSSR count). The van der Waals surface area contributed by atoms with E-state index in [0.29, 0.717) is 12.2 Å². The fraction of sp³-hybridized carbons (Fsp3) is 0.286. The molecular formula is C14H16N6O5. The molecule has 0 aliphatic rings. The number of hydrazone groups is 1. The van der Waals surface area contributed by atoms with Crippen LogP contribution >= 0.6 is 0 Å². The zero-order valence-corrected chi connectivity index (χ0v) is 13.6. The molecule has 0 radical (unpaired) electrons. The molecule has 11 nitrogen and oxygen atoms in total. The lowest BCUT2D eigenvalue weighted by atomic mass is 10.2. The zero-order valence-electron chi connectivity index (χ0n) is 13.6. The van der Waals surface area contributed by atoms with Gasteiger partial charge in [0, 0.05) is 11.6 Å². The number of aromatic nitrogens is 3. The SMILES string of the molecule is CCOc1cc(/C=N/Nc2cn[nH]c(=O)n2)cc([N+](=O)[O-])c1OCC. The molecule has 2 N–H and O–H groups in total. The number of ether oxygens (including phenoxy) is 2. The molecule has 0 aliphatic heterocycles. The van der Waals surface area contributed by atoms with E-state index in [0.717, 1.165) is 0 Å². The molecule has 0 bridgehead atoms. The summed E-state index contributed by atoms with van der Waals surface area (Å²) in [5.74, 6) is 0.446. The molecule has 2 aromatic rings. The Labute approximate surface area is 141 Å². The topological polar surface area (TPSA) is 145 Å². The highest BCUT2D eigenvalue weighted by molar-refractivity contribution is 5.83. The normalized spacial score (nSPS) is 10.6. The van der Waals surface area contributed by atoms with Crippen LogP contribution in [0.2, 0.25) is 0 Å². The second-order valence-corrected chi connectivity index (χ2v) is 4.53. The van der Waals surface area contributed by atoms with Gasteiger partial charge in [-0.3, -0.25) is 15.5 Å². The lowest BCUT2D eigenvalue weighted by molar-refractivity contribution is -0.385. The number of rotatable bonds is 8. The first-order valence-corrected chi connectivity index (χ1v) is 7.34. The molecule has 0 atom stereocenters. The number of nitro benzene ring substituents is 1. The van der Waals surface area contributed by atoms with E-state index in [9.17, 15) is 14.9 Å². The van der Waals surface area contributed by atoms with Crippen LogP contribution < -0.4 is 20.6 Å². The summed E-state index contributed by atoms with van der Waals surface area (Å²) in [6, 6.07) is 2.87. The number of H-pyrrole nitrogens is 1. The van der Waals surface area contributed by atoms with Crippen LogP contribution in [0.3, 0.4) is 0 Å². The summed E-state index contributed by atoms with van der Waals surface area (Å²) in [7, 11) is 0. The number of hydrogen-bond donors (Lipinski definition) is 2. The van der Waals surface area contributed by atoms with Crippen LogP contribution in [0.1, 0.15) is 19.4 Å². The van der Waals surface area contributed by atoms with Crippen molar-refractivity contribution in [3.63, 3.8) is 0 Å². The van der Waals surface area contributed by atoms with E-state index >= 15 is 0 Å². The number of nitrogens with zero attached hydrogens (tertiary/aromatic N) is 4. The summed E-state index contributed by atoms with van der Waals surface area (Å²) < 4.78 is 10.8. The van der Waals surface area contributed by atoms with Crippen LogP contribution in [0.4, 0.5) is 11.5 Å². The third-order valence-electron chi connectivity index (χ3n) is 2.80. The molecule has 1 aromatic carbocycles. The number of anilines is 1. The lowest BCUT2D eigenvalue weighted by Gasteiger charge is -2.11. The first kappa shape index (κ1) is 17.8. The average Bonchev–Trinajstić information content (AvgIpc) is 2.57. The van der Waals surface area contributed by atoms with Gasteiger partial charge < -0.3 is 9.47 Å². The van der Waals surface area contributed by atoms with E-state index in [1.54, 1.807) is 19.9 Å². The first-order chi connectivity index (χ1) is 12.0. The molecule has 25 heavy (non-hydrogen) atoms. The lowest BCUT2D eigenvalue weighted by Crippen LogP contribution is -2.13. The molecule has 0 fully saturated rings. The van der Waals surface area contributed by atoms with Crippen LogP contribution in [0, 0.1) is 10.1 Å². The fourth-order valence-electron chi connectivity index (χ4n) is 1.91. The number of nitro groups is 1. The molecular weight excluding hydrogens is 332 g/mol. The van der Waals surface area contributed by atoms with Crippen LogP contribution in [0.15, 0.2) is 28.2 Å². The van der Waals surface area contributed by atoms with Crippen LogP contribution in [-0.4, -0.2) is 39.5 Å². The smallest absolute Gasteiger partial charge is 0.363 e. The highest BCUT2D eigenvalue weighted by Gasteiger charge is 2.22. The van der Waals surface area contributed by atoms with Crippen LogP contribution in [-0.2, 0) is 0 Å². The van der Waals surface area contributed by atoms with Crippen molar-refractivity contribution < 1.29 is 14.4 Å². The van der Waals surface area contributed by atoms with Gasteiger partial charge >= 0.3 is 11.4 Å². The van der Waals surface area contributed by atoms with Crippen LogP contribution in [0.25, 0.3) is 0 Å². The Morgan fingerprint density at radius 1 is 1.36 bits per heavy atom. The number of hydrogen-bond acceptors (Lipinski definition) is 9. The third-order valence-corrected chi connectivity index (χ3v) is 2.80. The minimum Gasteiger partial charge on any atom is -0.490 e. The van der Waals surface area contributed by atoms with Gasteiger partial charge in [0.05, 0.1) is 30.5 Å². The Bertz CT molecular complexity index is 835. The molecule has 0 saturated heterocycles. The van der Waals surface area contributed by atoms with Gasteiger partial charge in [0.1, 0.15) is 0 Å². The van der Waals surface area contributed by atoms with Gasteiger partial charge in [0.2, 0.25) is 5.75 Å². The maximum Gasteiger partial charge on any atom is 0.363 e. The Hall–Kier alpha value is -3.50. The average molecular weight is 348 g/mol. The summed E-state index contributed by atoms with van der Waals surface area (Å²) in [5, 5.41) is 20.9. The van der Waals surface area contributed by atoms with Gasteiger partial charge in [0.25, 0.3) is 0 Å². The maximum atomic E-state index is 11.3. The predicted octanol–water partition coefficient (Wildman–Crippen LogP) is 1.32. The molecule has 1 aromatic heterocycles. The minimum atomic E-state index is -0.629. The van der Waals surface area contributed by atoms with Crippen molar-refractivity contribution in [2.75, 3.05) is 18.6 Å². The van der Waals surface area contributed by atoms with Gasteiger partial charge in [-0.15, -0.1) is 0 Å². The van der Waals surface area contributed by atoms with Crippen molar-refractivity contribution in [2.24, 2.45) is 5.10 Å². The summed E-state index contributed by atoms with van der Waals surface area (Å²) in [4.78, 5) is 25.4. The van der Waals surface area contributed by atoms with Gasteiger partial charge in [-0.25, -0.2) is 9.89 Å². The molecule has 132 valence electrons. The maximum absolute atomic E-state index is 11.3. The van der Waals surface area contributed by atoms with E-state index in [1.807, 2.05) is 0 Å². The highest BCUT2D eigenvalue weighted by Crippen LogP contribution is 2.38. The van der Waals surface area contributed by atoms with Crippen molar-refractivity contribution in [1.29, 1.82) is 0 Å². The van der Waals surface area contributed by atoms with Crippen molar-refractivity contribution in [1.82, 2.24) is 15.2 Å². The summed E-state index contributed by atoms with van der Waals surface area (Å²) >= 11 is 0. The molecule has 0 amide bonds. The first-order valence-electron chi connectivity index (χ1n) is 7.34. The number of benzene rings is 1. The van der Waals surface area contributed by atoms with Gasteiger partial charge in [-0.2, -0.15) is 15.2 Å². The minimum absolute atomic E-state index is 0.0694. The van der Waals surface area contributed by atoms with E-state index in [4.69, 9.17) is 9.47 Å². The molecule has 0 spiro atoms. The van der Waals surface area contributed by atoms with E-state index in [2.05, 4.69) is 25.7 Å². The monoisotopic (exact) mass is 348 g/mol. The molecule has 0 saturated carbocycles. The second-order valence-electron chi connectivity index (χ2n) is 4.53. The Morgan fingerprint density at radius 2 is 2.12 bits per heavy atom. The van der Waals surface area contributed by atoms with E-state index in [-0.39, 0.29) is 29.6 Å². The Morgan fingerprint density at radius 3 is 2.76 bits per heavy atom. The number of nitrogens with one attached hydrogen (secondary N) is 2. The standard InChI is InChI=1S/C14H16N6O5/c1-3-24-11-6-9(5-10(20(22)23)13(11)25-4-2)7-15-18-12-8-16-19-14(21)17-12/h5-8H,3-4H2,1-2H3,(H2,17,18,19,21)/b15-7+. The quantitative estimate of drug-likeness (QED) is 0.413. The zero-order chi connectivity index (χ0) is 18.2. The van der Waals surface area contributed by atoms with Crippen molar-refractivity contribution in [3.8, 4) is 11.5 Å². The van der Waals surface area contributed by atoms with Gasteiger partial charge in [-0.1, -0.05) is 0 Å². The predicted molar refractivity (Wildman–Crippen MR) is 89.3 cm³/mol. The third kappa shape index (κ3) is 4.73. The van der Waals surface area contributed by atoms with Gasteiger partial charge in [0.15, 0.2) is 11.6 Å². The summed E-state index contributed by atoms with van der Waals surface area (Å²) in [6.45, 7) is 4.06. The Kier molecular flexibility index (Phi) is 5.98. The van der Waals surface area contributed by atoms with Crippen molar-refractivity contribution in [3.05, 3.63) is 44.5 Å².